The Balaban J connectivity index is 1.36. The molecular weight excluding hydrogens is 406 g/mol. The number of aromatic nitrogens is 5. The van der Waals surface area contributed by atoms with Crippen molar-refractivity contribution < 1.29 is 9.84 Å². The van der Waals surface area contributed by atoms with Crippen molar-refractivity contribution >= 4 is 23.1 Å². The lowest BCUT2D eigenvalue weighted by molar-refractivity contribution is 0.0667. The Morgan fingerprint density at radius 2 is 1.72 bits per heavy atom. The van der Waals surface area contributed by atoms with Crippen molar-refractivity contribution in [1.82, 2.24) is 24.7 Å². The van der Waals surface area contributed by atoms with Gasteiger partial charge in [0.25, 0.3) is 0 Å². The fourth-order valence-electron chi connectivity index (χ4n) is 3.82. The third-order valence-electron chi connectivity index (χ3n) is 5.80. The molecule has 0 radical (unpaired) electrons. The van der Waals surface area contributed by atoms with Crippen molar-refractivity contribution in [3.05, 3.63) is 48.2 Å². The molecule has 5 rings (SSSR count). The minimum absolute atomic E-state index is 0.294. The summed E-state index contributed by atoms with van der Waals surface area (Å²) in [5.74, 6) is 2.87. The molecule has 1 saturated heterocycles. The average Bonchev–Trinajstić information content (AvgIpc) is 3.55. The molecule has 1 aliphatic heterocycles. The summed E-state index contributed by atoms with van der Waals surface area (Å²) >= 11 is 0. The van der Waals surface area contributed by atoms with Crippen LogP contribution in [0.2, 0.25) is 0 Å². The van der Waals surface area contributed by atoms with E-state index in [-0.39, 0.29) is 0 Å². The van der Waals surface area contributed by atoms with Crippen LogP contribution in [0.3, 0.4) is 0 Å². The number of hydrogen-bond donors (Lipinski definition) is 3. The largest absolute Gasteiger partial charge is 0.384 e. The smallest absolute Gasteiger partial charge is 0.226 e. The average molecular weight is 436 g/mol. The summed E-state index contributed by atoms with van der Waals surface area (Å²) in [4.78, 5) is 13.5. The molecule has 4 heterocycles. The van der Waals surface area contributed by atoms with Crippen molar-refractivity contribution in [2.45, 2.75) is 57.1 Å². The zero-order valence-electron chi connectivity index (χ0n) is 18.5. The first-order valence-corrected chi connectivity index (χ1v) is 11.2. The van der Waals surface area contributed by atoms with Crippen molar-refractivity contribution in [2.75, 3.05) is 23.8 Å². The Bertz CT molecular complexity index is 1080. The summed E-state index contributed by atoms with van der Waals surface area (Å²) in [6, 6.07) is 7.82. The fraction of sp³-hybridized carbons (Fsp3) is 0.478. The Labute approximate surface area is 187 Å². The molecule has 1 saturated carbocycles. The summed E-state index contributed by atoms with van der Waals surface area (Å²) in [6.45, 7) is 4.94. The molecule has 0 amide bonds. The van der Waals surface area contributed by atoms with E-state index in [1.807, 2.05) is 28.9 Å². The van der Waals surface area contributed by atoms with Crippen molar-refractivity contribution in [3.8, 4) is 0 Å². The monoisotopic (exact) mass is 435 g/mol. The van der Waals surface area contributed by atoms with Gasteiger partial charge in [-0.05, 0) is 57.7 Å². The second-order valence-corrected chi connectivity index (χ2v) is 9.02. The molecule has 0 bridgehead atoms. The standard InChI is InChI=1S/C23H29N7O2/c1-23(2,31)19-13-16(5-9-24-19)26-20-14-17(6-10-25-20)27-22-28-21(15-3-4-15)29-30(22)18-7-11-32-12-8-18/h5-6,9-10,13-15,18,31H,3-4,7-8,11-12H2,1-2H3,(H2,24,25,26,27,28,29). The zero-order valence-corrected chi connectivity index (χ0v) is 18.5. The maximum absolute atomic E-state index is 10.2. The van der Waals surface area contributed by atoms with Gasteiger partial charge in [0.15, 0.2) is 5.82 Å². The van der Waals surface area contributed by atoms with Crippen LogP contribution < -0.4 is 10.6 Å². The first kappa shape index (κ1) is 20.8. The van der Waals surface area contributed by atoms with Crippen molar-refractivity contribution in [3.63, 3.8) is 0 Å². The molecular formula is C23H29N7O2. The van der Waals surface area contributed by atoms with E-state index in [0.29, 0.717) is 23.5 Å². The predicted molar refractivity (Wildman–Crippen MR) is 121 cm³/mol. The number of ether oxygens (including phenoxy) is 1. The normalized spacial score (nSPS) is 17.3. The van der Waals surface area contributed by atoms with Crippen molar-refractivity contribution in [1.29, 1.82) is 0 Å². The molecule has 1 aliphatic carbocycles. The zero-order chi connectivity index (χ0) is 22.1. The van der Waals surface area contributed by atoms with Crippen LogP contribution in [0.25, 0.3) is 0 Å². The van der Waals surface area contributed by atoms with Crippen LogP contribution in [0.4, 0.5) is 23.1 Å². The highest BCUT2D eigenvalue weighted by molar-refractivity contribution is 5.63. The number of nitrogens with one attached hydrogen (secondary N) is 2. The van der Waals surface area contributed by atoms with E-state index in [1.165, 1.54) is 12.8 Å². The van der Waals surface area contributed by atoms with Crippen molar-refractivity contribution in [2.24, 2.45) is 0 Å². The molecule has 0 unspecified atom stereocenters. The number of hydrogen-bond acceptors (Lipinski definition) is 8. The van der Waals surface area contributed by atoms with Gasteiger partial charge in [-0.25, -0.2) is 9.67 Å². The molecule has 0 atom stereocenters. The van der Waals surface area contributed by atoms with Crippen LogP contribution in [-0.4, -0.2) is 43.1 Å². The lowest BCUT2D eigenvalue weighted by Crippen LogP contribution is -2.21. The van der Waals surface area contributed by atoms with E-state index in [9.17, 15) is 5.11 Å². The highest BCUT2D eigenvalue weighted by atomic mass is 16.5. The summed E-state index contributed by atoms with van der Waals surface area (Å²) < 4.78 is 7.57. The molecule has 0 aromatic carbocycles. The second-order valence-electron chi connectivity index (χ2n) is 9.02. The molecule has 3 N–H and O–H groups in total. The number of aliphatic hydroxyl groups is 1. The van der Waals surface area contributed by atoms with Crippen LogP contribution in [0, 0.1) is 0 Å². The van der Waals surface area contributed by atoms with Crippen LogP contribution in [0.1, 0.15) is 63.0 Å². The van der Waals surface area contributed by atoms with E-state index in [4.69, 9.17) is 14.8 Å². The molecule has 2 aliphatic rings. The molecule has 32 heavy (non-hydrogen) atoms. The van der Waals surface area contributed by atoms with Crippen LogP contribution in [0.15, 0.2) is 36.7 Å². The number of nitrogens with zero attached hydrogens (tertiary/aromatic N) is 5. The molecule has 2 fully saturated rings. The van der Waals surface area contributed by atoms with E-state index < -0.39 is 5.60 Å². The summed E-state index contributed by atoms with van der Waals surface area (Å²) in [5.41, 5.74) is 1.27. The first-order valence-electron chi connectivity index (χ1n) is 11.2. The lowest BCUT2D eigenvalue weighted by Gasteiger charge is -2.23. The predicted octanol–water partition coefficient (Wildman–Crippen LogP) is 4.01. The Kier molecular flexibility index (Phi) is 5.52. The van der Waals surface area contributed by atoms with Gasteiger partial charge >= 0.3 is 0 Å². The minimum Gasteiger partial charge on any atom is -0.384 e. The van der Waals surface area contributed by atoms with Gasteiger partial charge < -0.3 is 20.5 Å². The van der Waals surface area contributed by atoms with Gasteiger partial charge in [-0.2, -0.15) is 10.1 Å². The maximum Gasteiger partial charge on any atom is 0.226 e. The van der Waals surface area contributed by atoms with E-state index >= 15 is 0 Å². The molecule has 9 heteroatoms. The third-order valence-corrected chi connectivity index (χ3v) is 5.80. The van der Waals surface area contributed by atoms with Gasteiger partial charge in [-0.1, -0.05) is 0 Å². The number of rotatable bonds is 7. The molecule has 9 nitrogen and oxygen atoms in total. The summed E-state index contributed by atoms with van der Waals surface area (Å²) in [6.07, 6.45) is 7.64. The summed E-state index contributed by atoms with van der Waals surface area (Å²) in [5, 5.41) is 21.8. The minimum atomic E-state index is -1.01. The van der Waals surface area contributed by atoms with Gasteiger partial charge in [0.2, 0.25) is 5.95 Å². The lowest BCUT2D eigenvalue weighted by atomic mass is 10.0. The van der Waals surface area contributed by atoms with Crippen LogP contribution in [0.5, 0.6) is 0 Å². The Morgan fingerprint density at radius 3 is 2.44 bits per heavy atom. The van der Waals surface area contributed by atoms with E-state index in [2.05, 4.69) is 20.6 Å². The molecule has 3 aromatic heterocycles. The third kappa shape index (κ3) is 4.73. The topological polar surface area (TPSA) is 110 Å². The van der Waals surface area contributed by atoms with Gasteiger partial charge in [0.05, 0.1) is 11.7 Å². The van der Waals surface area contributed by atoms with Gasteiger partial charge in [-0.3, -0.25) is 4.98 Å². The number of pyridine rings is 2. The van der Waals surface area contributed by atoms with Crippen LogP contribution in [-0.2, 0) is 10.3 Å². The second kappa shape index (κ2) is 8.48. The maximum atomic E-state index is 10.2. The highest BCUT2D eigenvalue weighted by Gasteiger charge is 2.31. The molecule has 0 spiro atoms. The van der Waals surface area contributed by atoms with Gasteiger partial charge in [0, 0.05) is 49.0 Å². The highest BCUT2D eigenvalue weighted by Crippen LogP contribution is 2.39. The Morgan fingerprint density at radius 1 is 1.00 bits per heavy atom. The van der Waals surface area contributed by atoms with Gasteiger partial charge in [-0.15, -0.1) is 0 Å². The van der Waals surface area contributed by atoms with E-state index in [1.54, 1.807) is 26.2 Å². The fourth-order valence-corrected chi connectivity index (χ4v) is 3.82. The quantitative estimate of drug-likeness (QED) is 0.511. The molecule has 3 aromatic rings. The van der Waals surface area contributed by atoms with Gasteiger partial charge in [0.1, 0.15) is 11.4 Å². The van der Waals surface area contributed by atoms with Crippen LogP contribution >= 0.6 is 0 Å². The first-order chi connectivity index (χ1) is 15.5. The SMILES string of the molecule is CC(C)(O)c1cc(Nc2cc(Nc3nc(C4CC4)nn3C3CCOCC3)ccn2)ccn1. The van der Waals surface area contributed by atoms with E-state index in [0.717, 1.165) is 49.2 Å². The number of anilines is 4. The Hall–Kier alpha value is -3.04. The molecule has 168 valence electrons. The summed E-state index contributed by atoms with van der Waals surface area (Å²) in [7, 11) is 0.